The quantitative estimate of drug-likeness (QED) is 0.470. The van der Waals surface area contributed by atoms with Gasteiger partial charge in [-0.05, 0) is 25.1 Å². The minimum absolute atomic E-state index is 0.0259. The van der Waals surface area contributed by atoms with Crippen LogP contribution in [0.5, 0.6) is 0 Å². The van der Waals surface area contributed by atoms with E-state index in [1.54, 1.807) is 23.1 Å². The molecule has 0 saturated carbocycles. The largest absolute Gasteiger partial charge is 0.326 e. The summed E-state index contributed by atoms with van der Waals surface area (Å²) in [6, 6.07) is 7.23. The molecule has 3 aromatic heterocycles. The highest BCUT2D eigenvalue weighted by Gasteiger charge is 2.21. The van der Waals surface area contributed by atoms with Crippen LogP contribution in [-0.2, 0) is 10.5 Å². The fourth-order valence-electron chi connectivity index (χ4n) is 2.52. The van der Waals surface area contributed by atoms with Crippen LogP contribution in [0.15, 0.2) is 33.4 Å². The summed E-state index contributed by atoms with van der Waals surface area (Å²) in [4.78, 5) is 34.1. The Balaban J connectivity index is 1.51. The van der Waals surface area contributed by atoms with E-state index in [9.17, 15) is 9.59 Å². The van der Waals surface area contributed by atoms with E-state index >= 15 is 0 Å². The number of thiazole rings is 1. The van der Waals surface area contributed by atoms with Crippen LogP contribution >= 0.6 is 34.4 Å². The maximum Gasteiger partial charge on any atom is 0.275 e. The molecule has 1 N–H and O–H groups in total. The first-order valence-electron chi connectivity index (χ1n) is 8.90. The number of nitrogens with one attached hydrogen (secondary N) is 1. The van der Waals surface area contributed by atoms with Crippen LogP contribution in [-0.4, -0.2) is 25.5 Å². The summed E-state index contributed by atoms with van der Waals surface area (Å²) in [5.74, 6) is 0.526. The van der Waals surface area contributed by atoms with E-state index in [2.05, 4.69) is 20.4 Å². The summed E-state index contributed by atoms with van der Waals surface area (Å²) < 4.78 is 3.22. The molecule has 0 aliphatic rings. The number of nitrogens with zero attached hydrogens (tertiary/aromatic N) is 4. The molecule has 0 aliphatic carbocycles. The lowest BCUT2D eigenvalue weighted by Crippen LogP contribution is -2.27. The first kappa shape index (κ1) is 20.0. The van der Waals surface area contributed by atoms with E-state index in [0.717, 1.165) is 25.3 Å². The number of thioether (sulfide) groups is 1. The molecule has 0 radical (unpaired) electrons. The molecular weight excluding hydrogens is 426 g/mol. The van der Waals surface area contributed by atoms with Gasteiger partial charge in [-0.25, -0.2) is 9.97 Å². The molecule has 29 heavy (non-hydrogen) atoms. The highest BCUT2D eigenvalue weighted by atomic mass is 32.2. The number of rotatable bonds is 4. The van der Waals surface area contributed by atoms with Crippen LogP contribution in [0, 0.1) is 12.3 Å². The maximum absolute atomic E-state index is 12.2. The Labute approximate surface area is 179 Å². The molecule has 0 fully saturated rings. The first-order valence-corrected chi connectivity index (χ1v) is 11.5. The van der Waals surface area contributed by atoms with Crippen molar-refractivity contribution in [3.63, 3.8) is 0 Å². The van der Waals surface area contributed by atoms with Crippen LogP contribution < -0.4 is 10.9 Å². The smallest absolute Gasteiger partial charge is 0.275 e. The number of carbonyl (C=O) groups is 1. The topological polar surface area (TPSA) is 89.3 Å². The van der Waals surface area contributed by atoms with Gasteiger partial charge in [0.1, 0.15) is 5.01 Å². The second-order valence-electron chi connectivity index (χ2n) is 7.56. The molecule has 0 aliphatic heterocycles. The normalized spacial score (nSPS) is 12.0. The highest BCUT2D eigenvalue weighted by molar-refractivity contribution is 8.00. The predicted octanol–water partition coefficient (Wildman–Crippen LogP) is 4.35. The van der Waals surface area contributed by atoms with Gasteiger partial charge in [-0.15, -0.1) is 11.3 Å². The number of aromatic nitrogens is 4. The number of amides is 1. The first-order chi connectivity index (χ1) is 13.7. The number of hydrogen-bond donors (Lipinski definition) is 1. The van der Waals surface area contributed by atoms with Gasteiger partial charge >= 0.3 is 0 Å². The number of fused-ring (bicyclic) bond motifs is 2. The summed E-state index contributed by atoms with van der Waals surface area (Å²) in [7, 11) is 0. The molecule has 150 valence electrons. The lowest BCUT2D eigenvalue weighted by atomic mass is 9.95. The van der Waals surface area contributed by atoms with Crippen molar-refractivity contribution in [1.29, 1.82) is 0 Å². The molecular formula is C19H19N5O2S3. The van der Waals surface area contributed by atoms with Crippen molar-refractivity contribution in [2.24, 2.45) is 5.41 Å². The van der Waals surface area contributed by atoms with Crippen LogP contribution in [0.3, 0.4) is 0 Å². The molecule has 0 bridgehead atoms. The summed E-state index contributed by atoms with van der Waals surface area (Å²) in [6.07, 6.45) is 0. The lowest BCUT2D eigenvalue weighted by molar-refractivity contribution is -0.123. The van der Waals surface area contributed by atoms with Crippen molar-refractivity contribution in [2.45, 2.75) is 37.8 Å². The predicted molar refractivity (Wildman–Crippen MR) is 119 cm³/mol. The second-order valence-corrected chi connectivity index (χ2v) is 11.0. The Hall–Kier alpha value is -2.30. The van der Waals surface area contributed by atoms with Crippen molar-refractivity contribution < 1.29 is 4.79 Å². The molecule has 0 atom stereocenters. The molecule has 0 spiro atoms. The molecule has 4 rings (SSSR count). The van der Waals surface area contributed by atoms with E-state index in [-0.39, 0.29) is 11.5 Å². The van der Waals surface area contributed by atoms with E-state index < -0.39 is 5.41 Å². The fourth-order valence-corrected chi connectivity index (χ4v) is 5.29. The van der Waals surface area contributed by atoms with Crippen LogP contribution in [0.1, 0.15) is 31.5 Å². The third-order valence-corrected chi connectivity index (χ3v) is 7.07. The molecule has 1 aromatic carbocycles. The van der Waals surface area contributed by atoms with Gasteiger partial charge < -0.3 is 5.32 Å². The second kappa shape index (κ2) is 7.51. The molecule has 7 nitrogen and oxygen atoms in total. The van der Waals surface area contributed by atoms with Gasteiger partial charge in [-0.1, -0.05) is 43.9 Å². The van der Waals surface area contributed by atoms with Gasteiger partial charge in [0.25, 0.3) is 5.56 Å². The van der Waals surface area contributed by atoms with Crippen LogP contribution in [0.25, 0.3) is 15.2 Å². The van der Waals surface area contributed by atoms with Crippen molar-refractivity contribution >= 4 is 61.2 Å². The Kier molecular flexibility index (Phi) is 5.18. The van der Waals surface area contributed by atoms with E-state index in [4.69, 9.17) is 0 Å². The van der Waals surface area contributed by atoms with Gasteiger partial charge in [0.15, 0.2) is 4.34 Å². The van der Waals surface area contributed by atoms with Crippen molar-refractivity contribution in [3.8, 4) is 0 Å². The van der Waals surface area contributed by atoms with E-state index in [1.807, 2.05) is 45.9 Å². The lowest BCUT2D eigenvalue weighted by Gasteiger charge is -2.17. The average Bonchev–Trinajstić information content (AvgIpc) is 3.21. The van der Waals surface area contributed by atoms with Crippen molar-refractivity contribution in [3.05, 3.63) is 45.3 Å². The fraction of sp³-hybridized carbons (Fsp3) is 0.316. The van der Waals surface area contributed by atoms with E-state index in [0.29, 0.717) is 16.4 Å². The Bertz CT molecular complexity index is 1280. The standard InChI is InChI=1S/C19H19N5O2S3/c1-10-23-24-15(25)8-12(21-17(24)28-10)9-27-18-22-13-6-5-11(7-14(13)29-18)20-16(26)19(2,3)4/h5-8H,9H2,1-4H3,(H,20,26). The van der Waals surface area contributed by atoms with Crippen LogP contribution in [0.2, 0.25) is 0 Å². The van der Waals surface area contributed by atoms with Gasteiger partial charge in [-0.2, -0.15) is 9.61 Å². The summed E-state index contributed by atoms with van der Waals surface area (Å²) in [6.45, 7) is 7.50. The SMILES string of the molecule is Cc1nn2c(=O)cc(CSc3nc4ccc(NC(=O)C(C)(C)C)cc4s3)nc2s1. The molecule has 10 heteroatoms. The number of aryl methyl sites for hydroxylation is 1. The average molecular weight is 446 g/mol. The summed E-state index contributed by atoms with van der Waals surface area (Å²) in [5.41, 5.74) is 1.73. The van der Waals surface area contributed by atoms with Gasteiger partial charge in [0.2, 0.25) is 10.9 Å². The highest BCUT2D eigenvalue weighted by Crippen LogP contribution is 2.33. The summed E-state index contributed by atoms with van der Waals surface area (Å²) >= 11 is 4.50. The number of benzene rings is 1. The molecule has 4 aromatic rings. The van der Waals surface area contributed by atoms with Crippen molar-refractivity contribution in [1.82, 2.24) is 19.6 Å². The van der Waals surface area contributed by atoms with Crippen molar-refractivity contribution in [2.75, 3.05) is 5.32 Å². The van der Waals surface area contributed by atoms with Gasteiger partial charge in [0, 0.05) is 22.9 Å². The summed E-state index contributed by atoms with van der Waals surface area (Å²) in [5, 5.41) is 7.91. The Morgan fingerprint density at radius 3 is 2.76 bits per heavy atom. The molecule has 0 saturated heterocycles. The number of anilines is 1. The zero-order valence-corrected chi connectivity index (χ0v) is 18.8. The van der Waals surface area contributed by atoms with Gasteiger partial charge in [-0.3, -0.25) is 9.59 Å². The maximum atomic E-state index is 12.2. The third kappa shape index (κ3) is 4.34. The number of hydrogen-bond acceptors (Lipinski definition) is 8. The monoisotopic (exact) mass is 445 g/mol. The molecule has 1 amide bonds. The zero-order valence-electron chi connectivity index (χ0n) is 16.3. The Morgan fingerprint density at radius 2 is 2.00 bits per heavy atom. The minimum atomic E-state index is -0.451. The number of carbonyl (C=O) groups excluding carboxylic acids is 1. The third-order valence-electron chi connectivity index (χ3n) is 4.05. The van der Waals surface area contributed by atoms with E-state index in [1.165, 1.54) is 21.9 Å². The molecule has 0 unspecified atom stereocenters. The van der Waals surface area contributed by atoms with Crippen LogP contribution in [0.4, 0.5) is 5.69 Å². The minimum Gasteiger partial charge on any atom is -0.326 e. The Morgan fingerprint density at radius 1 is 1.21 bits per heavy atom. The molecule has 3 heterocycles. The van der Waals surface area contributed by atoms with Gasteiger partial charge in [0.05, 0.1) is 15.9 Å². The zero-order chi connectivity index (χ0) is 20.8.